The summed E-state index contributed by atoms with van der Waals surface area (Å²) < 4.78 is 9.75. The van der Waals surface area contributed by atoms with E-state index in [2.05, 4.69) is 0 Å². The zero-order valence-corrected chi connectivity index (χ0v) is 27.0. The van der Waals surface area contributed by atoms with E-state index in [0.717, 1.165) is 23.9 Å². The zero-order chi connectivity index (χ0) is 35.3. The van der Waals surface area contributed by atoms with E-state index in [1.165, 1.54) is 62.4 Å². The summed E-state index contributed by atoms with van der Waals surface area (Å²) in [5.41, 5.74) is -0.893. The first-order valence-corrected chi connectivity index (χ1v) is 15.2. The van der Waals surface area contributed by atoms with Gasteiger partial charge in [-0.2, -0.15) is 0 Å². The van der Waals surface area contributed by atoms with Crippen molar-refractivity contribution in [3.05, 3.63) is 79.9 Å². The summed E-state index contributed by atoms with van der Waals surface area (Å²) in [6, 6.07) is 8.06. The number of ketones is 2. The van der Waals surface area contributed by atoms with Crippen LogP contribution in [-0.2, 0) is 28.7 Å². The first-order valence-electron chi connectivity index (χ1n) is 14.4. The van der Waals surface area contributed by atoms with Crippen molar-refractivity contribution in [3.63, 3.8) is 0 Å². The lowest BCUT2D eigenvalue weighted by Crippen LogP contribution is -2.21. The summed E-state index contributed by atoms with van der Waals surface area (Å²) >= 11 is 0.779. The van der Waals surface area contributed by atoms with E-state index in [1.54, 1.807) is 13.8 Å². The Morgan fingerprint density at radius 2 is 1.11 bits per heavy atom. The molecular weight excluding hydrogens is 632 g/mol. The fourth-order valence-electron chi connectivity index (χ4n) is 3.95. The van der Waals surface area contributed by atoms with Crippen LogP contribution in [0.3, 0.4) is 0 Å². The van der Waals surface area contributed by atoms with Gasteiger partial charge < -0.3 is 20.3 Å². The number of carbonyl (C=O) groups is 4. The molecule has 47 heavy (non-hydrogen) atoms. The highest BCUT2D eigenvalue weighted by Gasteiger charge is 2.23. The lowest BCUT2D eigenvalue weighted by atomic mass is 10.0. The first-order chi connectivity index (χ1) is 22.2. The molecule has 0 aliphatic heterocycles. The van der Waals surface area contributed by atoms with Crippen molar-refractivity contribution in [1.82, 2.24) is 0 Å². The molecule has 2 rings (SSSR count). The van der Waals surface area contributed by atoms with Crippen LogP contribution in [0.2, 0.25) is 0 Å². The minimum atomic E-state index is -0.693. The van der Waals surface area contributed by atoms with Gasteiger partial charge in [0.05, 0.1) is 56.1 Å². The van der Waals surface area contributed by atoms with Gasteiger partial charge in [-0.3, -0.25) is 39.4 Å². The Hall–Kier alpha value is -5.31. The van der Waals surface area contributed by atoms with Gasteiger partial charge in [-0.1, -0.05) is 49.9 Å². The van der Waals surface area contributed by atoms with Crippen molar-refractivity contribution in [3.8, 4) is 0 Å². The average Bonchev–Trinajstić information content (AvgIpc) is 3.03. The molecule has 2 atom stereocenters. The second kappa shape index (κ2) is 18.0. The molecule has 0 aliphatic rings. The minimum absolute atomic E-state index is 0.0835. The molecule has 2 N–H and O–H groups in total. The molecule has 0 amide bonds. The van der Waals surface area contributed by atoms with E-state index in [1.807, 2.05) is 0 Å². The Kier molecular flexibility index (Phi) is 14.5. The van der Waals surface area contributed by atoms with Crippen LogP contribution < -0.4 is 0 Å². The number of allylic oxidation sites excluding steroid dienone is 2. The highest BCUT2D eigenvalue weighted by Crippen LogP contribution is 2.40. The Morgan fingerprint density at radius 1 is 0.745 bits per heavy atom. The van der Waals surface area contributed by atoms with Crippen LogP contribution in [0.1, 0.15) is 51.7 Å². The summed E-state index contributed by atoms with van der Waals surface area (Å²) in [5, 5.41) is 39.6. The fourth-order valence-corrected chi connectivity index (χ4v) is 4.93. The number of nitro benzene ring substituents is 2. The summed E-state index contributed by atoms with van der Waals surface area (Å²) in [6.07, 6.45) is 4.43. The molecule has 14 nitrogen and oxygen atoms in total. The standard InChI is InChI=1S/C32H34N4O10S/c1-5-45-31(39)19(3)15-23(33)27(37)11-7-21-9-13-29(25(17-21)35(41)42)47-30-14-10-22(18-26(30)36(43)44)8-12-28(38)24(34)16-20(4)32(40)46-6-2/h7-14,17-20,33-34H,5-6,15-16H2,1-4H3/b11-7+,12-8+,33-23?,34-24?. The number of carbonyl (C=O) groups excluding carboxylic acids is 4. The molecule has 0 aromatic heterocycles. The second-order valence-corrected chi connectivity index (χ2v) is 11.2. The Bertz CT molecular complexity index is 1530. The molecule has 0 heterocycles. The highest BCUT2D eigenvalue weighted by atomic mass is 32.2. The number of rotatable bonds is 18. The third kappa shape index (κ3) is 11.5. The third-order valence-corrected chi connectivity index (χ3v) is 7.56. The predicted molar refractivity (Wildman–Crippen MR) is 175 cm³/mol. The molecular formula is C32H34N4O10S. The molecule has 0 spiro atoms. The van der Waals surface area contributed by atoms with Gasteiger partial charge >= 0.3 is 11.9 Å². The number of nitro groups is 2. The van der Waals surface area contributed by atoms with Gasteiger partial charge in [0.15, 0.2) is 11.6 Å². The topological polar surface area (TPSA) is 221 Å². The van der Waals surface area contributed by atoms with Crippen LogP contribution in [0, 0.1) is 42.9 Å². The van der Waals surface area contributed by atoms with Gasteiger partial charge in [-0.25, -0.2) is 0 Å². The number of hydrogen-bond donors (Lipinski definition) is 2. The predicted octanol–water partition coefficient (Wildman–Crippen LogP) is 6.04. The van der Waals surface area contributed by atoms with Gasteiger partial charge in [0.1, 0.15) is 0 Å². The molecule has 248 valence electrons. The molecule has 0 saturated heterocycles. The lowest BCUT2D eigenvalue weighted by molar-refractivity contribution is -0.388. The smallest absolute Gasteiger partial charge is 0.309 e. The Balaban J connectivity index is 2.22. The van der Waals surface area contributed by atoms with Gasteiger partial charge in [-0.05, 0) is 49.3 Å². The molecule has 0 saturated carbocycles. The molecule has 0 bridgehead atoms. The van der Waals surface area contributed by atoms with Gasteiger partial charge in [0.2, 0.25) is 0 Å². The van der Waals surface area contributed by atoms with Crippen molar-refractivity contribution in [1.29, 1.82) is 10.8 Å². The van der Waals surface area contributed by atoms with Crippen LogP contribution >= 0.6 is 11.8 Å². The first kappa shape index (κ1) is 37.9. The summed E-state index contributed by atoms with van der Waals surface area (Å²) in [7, 11) is 0. The van der Waals surface area contributed by atoms with Crippen molar-refractivity contribution in [2.75, 3.05) is 13.2 Å². The molecule has 2 unspecified atom stereocenters. The number of benzene rings is 2. The van der Waals surface area contributed by atoms with E-state index in [9.17, 15) is 39.4 Å². The fraction of sp³-hybridized carbons (Fsp3) is 0.312. The maximum absolute atomic E-state index is 12.4. The largest absolute Gasteiger partial charge is 0.466 e. The van der Waals surface area contributed by atoms with Gasteiger partial charge in [-0.15, -0.1) is 0 Å². The average molecular weight is 667 g/mol. The molecule has 0 fully saturated rings. The normalized spacial score (nSPS) is 12.3. The Labute approximate surface area is 274 Å². The van der Waals surface area contributed by atoms with Crippen LogP contribution in [0.25, 0.3) is 12.2 Å². The summed E-state index contributed by atoms with van der Waals surface area (Å²) in [6.45, 7) is 6.69. The number of ether oxygens (including phenoxy) is 2. The van der Waals surface area contributed by atoms with Crippen molar-refractivity contribution >= 4 is 70.2 Å². The molecule has 2 aromatic carbocycles. The van der Waals surface area contributed by atoms with Gasteiger partial charge in [0, 0.05) is 25.0 Å². The van der Waals surface area contributed by atoms with E-state index < -0.39 is 45.2 Å². The van der Waals surface area contributed by atoms with Crippen molar-refractivity contribution < 1.29 is 38.5 Å². The highest BCUT2D eigenvalue weighted by molar-refractivity contribution is 7.99. The number of nitrogens with one attached hydrogen (secondary N) is 2. The third-order valence-electron chi connectivity index (χ3n) is 6.43. The Morgan fingerprint density at radius 3 is 1.43 bits per heavy atom. The quantitative estimate of drug-likeness (QED) is 0.0614. The van der Waals surface area contributed by atoms with E-state index >= 15 is 0 Å². The summed E-state index contributed by atoms with van der Waals surface area (Å²) in [5.74, 6) is -3.82. The van der Waals surface area contributed by atoms with Gasteiger partial charge in [0.25, 0.3) is 11.4 Å². The molecule has 0 aliphatic carbocycles. The maximum atomic E-state index is 12.4. The maximum Gasteiger partial charge on any atom is 0.309 e. The zero-order valence-electron chi connectivity index (χ0n) is 26.1. The van der Waals surface area contributed by atoms with Crippen LogP contribution in [0.5, 0.6) is 0 Å². The van der Waals surface area contributed by atoms with Crippen LogP contribution in [-0.4, -0.2) is 58.0 Å². The van der Waals surface area contributed by atoms with Crippen molar-refractivity contribution in [2.45, 2.75) is 50.3 Å². The molecule has 15 heteroatoms. The minimum Gasteiger partial charge on any atom is -0.466 e. The lowest BCUT2D eigenvalue weighted by Gasteiger charge is -2.09. The van der Waals surface area contributed by atoms with E-state index in [4.69, 9.17) is 20.3 Å². The molecule has 2 aromatic rings. The number of hydrogen-bond acceptors (Lipinski definition) is 13. The van der Waals surface area contributed by atoms with Crippen LogP contribution in [0.4, 0.5) is 11.4 Å². The van der Waals surface area contributed by atoms with E-state index in [-0.39, 0.29) is 69.8 Å². The SMILES string of the molecule is CCOC(=O)C(C)CC(=N)C(=O)/C=C/c1ccc(Sc2ccc(/C=C/C(=O)C(=N)CC(C)C(=O)OCC)cc2[N+](=O)[O-])c([N+](=O)[O-])c1. The summed E-state index contributed by atoms with van der Waals surface area (Å²) in [4.78, 5) is 70.9. The number of nitrogens with zero attached hydrogens (tertiary/aromatic N) is 2. The number of esters is 2. The second-order valence-electron chi connectivity index (χ2n) is 10.1. The van der Waals surface area contributed by atoms with Crippen LogP contribution in [0.15, 0.2) is 58.3 Å². The molecule has 0 radical (unpaired) electrons. The monoisotopic (exact) mass is 666 g/mol. The van der Waals surface area contributed by atoms with E-state index in [0.29, 0.717) is 0 Å². The van der Waals surface area contributed by atoms with Crippen molar-refractivity contribution in [2.24, 2.45) is 11.8 Å².